The largest absolute Gasteiger partial charge is 0.410 e. The molecular weight excluding hydrogens is 397 g/mol. The number of carbonyl (C=O) groups excluding carboxylic acids is 1. The van der Waals surface area contributed by atoms with Crippen molar-refractivity contribution in [2.24, 2.45) is 5.92 Å². The lowest BCUT2D eigenvalue weighted by molar-refractivity contribution is -0.174. The van der Waals surface area contributed by atoms with Crippen molar-refractivity contribution < 1.29 is 18.0 Å². The minimum atomic E-state index is -4.42. The predicted octanol–water partition coefficient (Wildman–Crippen LogP) is 3.90. The Labute approximate surface area is 173 Å². The highest BCUT2D eigenvalue weighted by atomic mass is 19.4. The Kier molecular flexibility index (Phi) is 5.06. The second-order valence-electron chi connectivity index (χ2n) is 8.34. The number of aryl methyl sites for hydroxylation is 2. The number of nitrogens with zero attached hydrogens (tertiary/aromatic N) is 4. The van der Waals surface area contributed by atoms with Crippen LogP contribution in [-0.4, -0.2) is 37.7 Å². The number of nitrogens with one attached hydrogen (secondary N) is 2. The number of amides is 1. The van der Waals surface area contributed by atoms with Crippen molar-refractivity contribution in [3.05, 3.63) is 28.7 Å². The molecule has 0 saturated heterocycles. The second-order valence-corrected chi connectivity index (χ2v) is 8.34. The standard InChI is InChI=1S/C20H27F3N6O/c1-5-28-12(4)18(11(3)26-28)10(2)24-19(30)15-9-17-25-14(13-6-7-13)8-16(20(21,22)23)29(17)27-15/h9-10,13-14,16,25H,5-8H2,1-4H3,(H,24,30)/t10-,14-,16+/m0/s1. The van der Waals surface area contributed by atoms with E-state index in [0.717, 1.165) is 34.5 Å². The molecule has 2 N–H and O–H groups in total. The van der Waals surface area contributed by atoms with Crippen LogP contribution in [0, 0.1) is 19.8 Å². The van der Waals surface area contributed by atoms with E-state index in [-0.39, 0.29) is 35.9 Å². The number of anilines is 1. The van der Waals surface area contributed by atoms with Crippen molar-refractivity contribution in [1.82, 2.24) is 24.9 Å². The summed E-state index contributed by atoms with van der Waals surface area (Å²) in [4.78, 5) is 12.8. The number of carbonyl (C=O) groups is 1. The Bertz CT molecular complexity index is 959. The third-order valence-corrected chi connectivity index (χ3v) is 6.16. The van der Waals surface area contributed by atoms with Crippen molar-refractivity contribution in [2.45, 2.75) is 77.8 Å². The molecule has 0 radical (unpaired) electrons. The Morgan fingerprint density at radius 2 is 2.03 bits per heavy atom. The Morgan fingerprint density at radius 1 is 1.33 bits per heavy atom. The molecule has 2 aromatic rings. The number of hydrogen-bond donors (Lipinski definition) is 2. The Balaban J connectivity index is 1.57. The summed E-state index contributed by atoms with van der Waals surface area (Å²) in [6.07, 6.45) is -2.61. The normalized spacial score (nSPS) is 22.4. The van der Waals surface area contributed by atoms with Crippen molar-refractivity contribution >= 4 is 11.7 Å². The lowest BCUT2D eigenvalue weighted by atomic mass is 10.0. The van der Waals surface area contributed by atoms with Gasteiger partial charge in [0, 0.05) is 29.9 Å². The number of rotatable bonds is 5. The van der Waals surface area contributed by atoms with Crippen LogP contribution in [0.4, 0.5) is 19.0 Å². The number of aromatic nitrogens is 4. The van der Waals surface area contributed by atoms with Crippen LogP contribution in [0.3, 0.4) is 0 Å². The first-order valence-corrected chi connectivity index (χ1v) is 10.4. The highest BCUT2D eigenvalue weighted by Gasteiger charge is 2.49. The molecule has 1 fully saturated rings. The van der Waals surface area contributed by atoms with Crippen LogP contribution in [0.25, 0.3) is 0 Å². The van der Waals surface area contributed by atoms with E-state index in [9.17, 15) is 18.0 Å². The van der Waals surface area contributed by atoms with Crippen molar-refractivity contribution in [3.8, 4) is 0 Å². The number of fused-ring (bicyclic) bond motifs is 1. The average molecular weight is 424 g/mol. The minimum absolute atomic E-state index is 0.0202. The molecule has 7 nitrogen and oxygen atoms in total. The van der Waals surface area contributed by atoms with Crippen LogP contribution in [0.15, 0.2) is 6.07 Å². The molecule has 2 aromatic heterocycles. The summed E-state index contributed by atoms with van der Waals surface area (Å²) in [6, 6.07) is -0.876. The van der Waals surface area contributed by atoms with Gasteiger partial charge >= 0.3 is 6.18 Å². The van der Waals surface area contributed by atoms with Gasteiger partial charge in [-0.2, -0.15) is 23.4 Å². The van der Waals surface area contributed by atoms with Gasteiger partial charge < -0.3 is 10.6 Å². The first-order chi connectivity index (χ1) is 14.1. The lowest BCUT2D eigenvalue weighted by Gasteiger charge is -2.33. The van der Waals surface area contributed by atoms with E-state index in [1.54, 1.807) is 0 Å². The van der Waals surface area contributed by atoms with E-state index in [1.807, 2.05) is 32.4 Å². The van der Waals surface area contributed by atoms with Crippen LogP contribution in [0.1, 0.15) is 72.6 Å². The molecule has 0 unspecified atom stereocenters. The van der Waals surface area contributed by atoms with Gasteiger partial charge in [0.05, 0.1) is 11.7 Å². The van der Waals surface area contributed by atoms with E-state index in [2.05, 4.69) is 20.8 Å². The summed E-state index contributed by atoms with van der Waals surface area (Å²) >= 11 is 0. The van der Waals surface area contributed by atoms with Gasteiger partial charge in [0.25, 0.3) is 5.91 Å². The summed E-state index contributed by atoms with van der Waals surface area (Å²) in [5.74, 6) is 0.0134. The second kappa shape index (κ2) is 7.31. The SMILES string of the molecule is CCn1nc(C)c([C@H](C)NC(=O)c2cc3n(n2)[C@@H](C(F)(F)F)C[C@@H](C2CC2)N3)c1C. The monoisotopic (exact) mass is 424 g/mol. The zero-order chi connectivity index (χ0) is 21.8. The predicted molar refractivity (Wildman–Crippen MR) is 105 cm³/mol. The van der Waals surface area contributed by atoms with Gasteiger partial charge in [0.15, 0.2) is 11.7 Å². The summed E-state index contributed by atoms with van der Waals surface area (Å²) in [5.41, 5.74) is 2.66. The molecular formula is C20H27F3N6O. The number of hydrogen-bond acceptors (Lipinski definition) is 4. The van der Waals surface area contributed by atoms with Gasteiger partial charge in [-0.25, -0.2) is 4.68 Å². The van der Waals surface area contributed by atoms with E-state index in [1.165, 1.54) is 6.07 Å². The highest BCUT2D eigenvalue weighted by molar-refractivity contribution is 5.93. The van der Waals surface area contributed by atoms with Crippen LogP contribution in [0.2, 0.25) is 0 Å². The molecule has 1 aliphatic heterocycles. The molecule has 1 saturated carbocycles. The van der Waals surface area contributed by atoms with Crippen LogP contribution in [0.5, 0.6) is 0 Å². The summed E-state index contributed by atoms with van der Waals surface area (Å²) < 4.78 is 43.7. The number of alkyl halides is 3. The van der Waals surface area contributed by atoms with Crippen molar-refractivity contribution in [3.63, 3.8) is 0 Å². The molecule has 164 valence electrons. The van der Waals surface area contributed by atoms with Gasteiger partial charge in [-0.15, -0.1) is 0 Å². The molecule has 1 aliphatic carbocycles. The van der Waals surface area contributed by atoms with Crippen LogP contribution < -0.4 is 10.6 Å². The van der Waals surface area contributed by atoms with E-state index >= 15 is 0 Å². The van der Waals surface area contributed by atoms with E-state index < -0.39 is 18.1 Å². The smallest absolute Gasteiger partial charge is 0.367 e. The van der Waals surface area contributed by atoms with E-state index in [4.69, 9.17) is 0 Å². The van der Waals surface area contributed by atoms with Gasteiger partial charge in [-0.3, -0.25) is 9.48 Å². The van der Waals surface area contributed by atoms with Gasteiger partial charge in [-0.1, -0.05) is 0 Å². The Hall–Kier alpha value is -2.52. The topological polar surface area (TPSA) is 76.8 Å². The fourth-order valence-corrected chi connectivity index (χ4v) is 4.51. The van der Waals surface area contributed by atoms with E-state index in [0.29, 0.717) is 6.54 Å². The molecule has 0 bridgehead atoms. The highest BCUT2D eigenvalue weighted by Crippen LogP contribution is 2.45. The quantitative estimate of drug-likeness (QED) is 0.763. The molecule has 30 heavy (non-hydrogen) atoms. The Morgan fingerprint density at radius 3 is 2.60 bits per heavy atom. The maximum atomic E-state index is 13.6. The lowest BCUT2D eigenvalue weighted by Crippen LogP contribution is -2.40. The third kappa shape index (κ3) is 3.67. The summed E-state index contributed by atoms with van der Waals surface area (Å²) in [7, 11) is 0. The van der Waals surface area contributed by atoms with Gasteiger partial charge in [0.1, 0.15) is 5.82 Å². The first kappa shape index (κ1) is 20.7. The zero-order valence-electron chi connectivity index (χ0n) is 17.5. The maximum absolute atomic E-state index is 13.6. The zero-order valence-corrected chi connectivity index (χ0v) is 17.5. The molecule has 10 heteroatoms. The third-order valence-electron chi connectivity index (χ3n) is 6.16. The van der Waals surface area contributed by atoms with Crippen LogP contribution >= 0.6 is 0 Å². The fraction of sp³-hybridized carbons (Fsp3) is 0.650. The molecule has 2 aliphatic rings. The first-order valence-electron chi connectivity index (χ1n) is 10.4. The minimum Gasteiger partial charge on any atom is -0.367 e. The molecule has 0 spiro atoms. The summed E-state index contributed by atoms with van der Waals surface area (Å²) in [5, 5.41) is 14.5. The van der Waals surface area contributed by atoms with Gasteiger partial charge in [-0.05, 0) is 52.9 Å². The van der Waals surface area contributed by atoms with Crippen LogP contribution in [-0.2, 0) is 6.54 Å². The molecule has 3 heterocycles. The fourth-order valence-electron chi connectivity index (χ4n) is 4.51. The number of halogens is 3. The summed E-state index contributed by atoms with van der Waals surface area (Å²) in [6.45, 7) is 8.36. The molecule has 0 aromatic carbocycles. The molecule has 1 amide bonds. The van der Waals surface area contributed by atoms with Crippen molar-refractivity contribution in [1.29, 1.82) is 0 Å². The maximum Gasteiger partial charge on any atom is 0.410 e. The average Bonchev–Trinajstić information content (AvgIpc) is 3.35. The van der Waals surface area contributed by atoms with Gasteiger partial charge in [0.2, 0.25) is 0 Å². The molecule has 4 rings (SSSR count). The molecule has 3 atom stereocenters. The van der Waals surface area contributed by atoms with Crippen molar-refractivity contribution in [2.75, 3.05) is 5.32 Å².